The number of carbonyl (C=O) groups excluding carboxylic acids is 1. The zero-order chi connectivity index (χ0) is 19.1. The van der Waals surface area contributed by atoms with Crippen LogP contribution >= 0.6 is 15.9 Å². The Bertz CT molecular complexity index is 940. The Morgan fingerprint density at radius 3 is 2.78 bits per heavy atom. The SMILES string of the molecule is Nc1nnn(CC(=O)N/N=C/c2ccccc2OCc2ccc(Br)cc2)n1. The molecule has 0 saturated heterocycles. The van der Waals surface area contributed by atoms with E-state index in [1.807, 2.05) is 48.5 Å². The minimum Gasteiger partial charge on any atom is -0.488 e. The number of nitrogens with two attached hydrogens (primary N) is 1. The molecule has 0 bridgehead atoms. The largest absolute Gasteiger partial charge is 0.488 e. The van der Waals surface area contributed by atoms with Crippen molar-refractivity contribution in [2.24, 2.45) is 5.10 Å². The molecule has 1 aromatic heterocycles. The lowest BCUT2D eigenvalue weighted by Gasteiger charge is -2.09. The number of rotatable bonds is 7. The molecule has 0 saturated carbocycles. The quantitative estimate of drug-likeness (QED) is 0.435. The number of hydrazone groups is 1. The maximum Gasteiger partial charge on any atom is 0.263 e. The molecule has 3 rings (SSSR count). The molecule has 0 atom stereocenters. The number of nitrogens with one attached hydrogen (secondary N) is 1. The predicted octanol–water partition coefficient (Wildman–Crippen LogP) is 1.75. The van der Waals surface area contributed by atoms with Crippen LogP contribution in [0.2, 0.25) is 0 Å². The summed E-state index contributed by atoms with van der Waals surface area (Å²) in [4.78, 5) is 12.9. The molecule has 27 heavy (non-hydrogen) atoms. The Morgan fingerprint density at radius 1 is 1.26 bits per heavy atom. The van der Waals surface area contributed by atoms with Gasteiger partial charge in [0.15, 0.2) is 0 Å². The van der Waals surface area contributed by atoms with E-state index in [0.717, 1.165) is 20.4 Å². The molecule has 3 aromatic rings. The van der Waals surface area contributed by atoms with Crippen molar-refractivity contribution < 1.29 is 9.53 Å². The first-order valence-corrected chi connectivity index (χ1v) is 8.71. The number of tetrazole rings is 1. The van der Waals surface area contributed by atoms with E-state index >= 15 is 0 Å². The summed E-state index contributed by atoms with van der Waals surface area (Å²) in [7, 11) is 0. The number of hydrogen-bond donors (Lipinski definition) is 2. The van der Waals surface area contributed by atoms with Crippen LogP contribution in [0, 0.1) is 0 Å². The van der Waals surface area contributed by atoms with Gasteiger partial charge in [0.2, 0.25) is 0 Å². The van der Waals surface area contributed by atoms with Gasteiger partial charge in [-0.15, -0.1) is 5.10 Å². The molecule has 2 aromatic carbocycles. The molecule has 0 aliphatic rings. The summed E-state index contributed by atoms with van der Waals surface area (Å²) in [6, 6.07) is 15.3. The van der Waals surface area contributed by atoms with Gasteiger partial charge < -0.3 is 10.5 Å². The van der Waals surface area contributed by atoms with Crippen LogP contribution in [0.4, 0.5) is 5.95 Å². The van der Waals surface area contributed by atoms with Crippen molar-refractivity contribution in [3.8, 4) is 5.75 Å². The third-order valence-corrected chi connectivity index (χ3v) is 3.90. The Kier molecular flexibility index (Phi) is 6.10. The lowest BCUT2D eigenvalue weighted by molar-refractivity contribution is -0.122. The Hall–Kier alpha value is -3.27. The van der Waals surface area contributed by atoms with Crippen molar-refractivity contribution in [3.05, 3.63) is 64.1 Å². The van der Waals surface area contributed by atoms with Gasteiger partial charge in [0.25, 0.3) is 11.9 Å². The van der Waals surface area contributed by atoms with E-state index in [0.29, 0.717) is 12.4 Å². The number of nitrogens with zero attached hydrogens (tertiary/aromatic N) is 5. The summed E-state index contributed by atoms with van der Waals surface area (Å²) >= 11 is 3.40. The van der Waals surface area contributed by atoms with Crippen LogP contribution in [0.3, 0.4) is 0 Å². The fourth-order valence-corrected chi connectivity index (χ4v) is 2.38. The van der Waals surface area contributed by atoms with E-state index in [9.17, 15) is 4.79 Å². The number of para-hydroxylation sites is 1. The van der Waals surface area contributed by atoms with Crippen molar-refractivity contribution in [3.63, 3.8) is 0 Å². The van der Waals surface area contributed by atoms with E-state index < -0.39 is 5.91 Å². The smallest absolute Gasteiger partial charge is 0.263 e. The summed E-state index contributed by atoms with van der Waals surface area (Å²) in [5.41, 5.74) is 9.51. The molecule has 10 heteroatoms. The molecule has 1 amide bonds. The van der Waals surface area contributed by atoms with Crippen LogP contribution < -0.4 is 15.9 Å². The first-order valence-electron chi connectivity index (χ1n) is 7.91. The highest BCUT2D eigenvalue weighted by atomic mass is 79.9. The van der Waals surface area contributed by atoms with Gasteiger partial charge in [-0.25, -0.2) is 5.43 Å². The molecule has 9 nitrogen and oxygen atoms in total. The molecule has 138 valence electrons. The molecule has 0 fully saturated rings. The molecule has 0 radical (unpaired) electrons. The Balaban J connectivity index is 1.57. The van der Waals surface area contributed by atoms with Crippen molar-refractivity contribution in [1.29, 1.82) is 0 Å². The second-order valence-electron chi connectivity index (χ2n) is 5.42. The number of benzene rings is 2. The first-order chi connectivity index (χ1) is 13.1. The average Bonchev–Trinajstić information content (AvgIpc) is 3.07. The molecule has 0 spiro atoms. The molecule has 0 unspecified atom stereocenters. The molecule has 0 aliphatic heterocycles. The zero-order valence-corrected chi connectivity index (χ0v) is 15.7. The molecule has 3 N–H and O–H groups in total. The number of aromatic nitrogens is 4. The monoisotopic (exact) mass is 429 g/mol. The second-order valence-corrected chi connectivity index (χ2v) is 6.34. The van der Waals surface area contributed by atoms with E-state index in [1.165, 1.54) is 6.21 Å². The van der Waals surface area contributed by atoms with Crippen LogP contribution in [0.15, 0.2) is 58.1 Å². The van der Waals surface area contributed by atoms with Crippen molar-refractivity contribution in [2.75, 3.05) is 5.73 Å². The minimum atomic E-state index is -0.406. The number of hydrogen-bond acceptors (Lipinski definition) is 7. The van der Waals surface area contributed by atoms with Crippen LogP contribution in [-0.4, -0.2) is 32.3 Å². The number of amides is 1. The third kappa shape index (κ3) is 5.61. The number of carbonyl (C=O) groups is 1. The highest BCUT2D eigenvalue weighted by molar-refractivity contribution is 9.10. The molecular formula is C17H16BrN7O2. The lowest BCUT2D eigenvalue weighted by atomic mass is 10.2. The topological polar surface area (TPSA) is 120 Å². The third-order valence-electron chi connectivity index (χ3n) is 3.37. The Morgan fingerprint density at radius 2 is 2.04 bits per heavy atom. The maximum atomic E-state index is 11.8. The summed E-state index contributed by atoms with van der Waals surface area (Å²) in [5.74, 6) is 0.254. The molecular weight excluding hydrogens is 414 g/mol. The van der Waals surface area contributed by atoms with E-state index in [1.54, 1.807) is 0 Å². The zero-order valence-electron chi connectivity index (χ0n) is 14.1. The first kappa shape index (κ1) is 18.5. The van der Waals surface area contributed by atoms with Gasteiger partial charge in [0.05, 0.1) is 6.21 Å². The van der Waals surface area contributed by atoms with Crippen LogP contribution in [-0.2, 0) is 17.9 Å². The molecule has 1 heterocycles. The Labute approximate surface area is 163 Å². The van der Waals surface area contributed by atoms with Gasteiger partial charge in [-0.2, -0.15) is 9.90 Å². The molecule has 0 aliphatic carbocycles. The number of anilines is 1. The minimum absolute atomic E-state index is 0.00292. The highest BCUT2D eigenvalue weighted by Crippen LogP contribution is 2.18. The number of halogens is 1. The summed E-state index contributed by atoms with van der Waals surface area (Å²) in [6.07, 6.45) is 1.51. The predicted molar refractivity (Wildman–Crippen MR) is 103 cm³/mol. The van der Waals surface area contributed by atoms with E-state index in [-0.39, 0.29) is 12.5 Å². The second kappa shape index (κ2) is 8.90. The number of nitrogen functional groups attached to an aromatic ring is 1. The maximum absolute atomic E-state index is 11.8. The van der Waals surface area contributed by atoms with Crippen molar-refractivity contribution >= 4 is 34.0 Å². The number of ether oxygens (including phenoxy) is 1. The van der Waals surface area contributed by atoms with Crippen molar-refractivity contribution in [2.45, 2.75) is 13.2 Å². The summed E-state index contributed by atoms with van der Waals surface area (Å²) in [5, 5.41) is 14.8. The fraction of sp³-hybridized carbons (Fsp3) is 0.118. The van der Waals surface area contributed by atoms with Gasteiger partial charge >= 0.3 is 0 Å². The van der Waals surface area contributed by atoms with Gasteiger partial charge in [0.1, 0.15) is 18.9 Å². The van der Waals surface area contributed by atoms with Crippen LogP contribution in [0.1, 0.15) is 11.1 Å². The average molecular weight is 430 g/mol. The van der Waals surface area contributed by atoms with Gasteiger partial charge in [-0.3, -0.25) is 4.79 Å². The van der Waals surface area contributed by atoms with E-state index in [2.05, 4.69) is 41.9 Å². The fourth-order valence-electron chi connectivity index (χ4n) is 2.12. The van der Waals surface area contributed by atoms with Crippen LogP contribution in [0.5, 0.6) is 5.75 Å². The summed E-state index contributed by atoms with van der Waals surface area (Å²) < 4.78 is 6.87. The standard InChI is InChI=1S/C17H16BrN7O2/c18-14-7-5-12(6-8-14)11-27-15-4-2-1-3-13(15)9-20-21-16(26)10-25-23-17(19)22-24-25/h1-9H,10-11H2,(H2,19,23)(H,21,26)/b20-9+. The summed E-state index contributed by atoms with van der Waals surface area (Å²) in [6.45, 7) is 0.285. The highest BCUT2D eigenvalue weighted by Gasteiger charge is 2.05. The van der Waals surface area contributed by atoms with Crippen LogP contribution in [0.25, 0.3) is 0 Å². The van der Waals surface area contributed by atoms with Gasteiger partial charge in [0, 0.05) is 10.0 Å². The lowest BCUT2D eigenvalue weighted by Crippen LogP contribution is -2.24. The van der Waals surface area contributed by atoms with Gasteiger partial charge in [-0.05, 0) is 35.0 Å². The van der Waals surface area contributed by atoms with Crippen molar-refractivity contribution in [1.82, 2.24) is 25.6 Å². The van der Waals surface area contributed by atoms with E-state index in [4.69, 9.17) is 10.5 Å². The normalized spacial score (nSPS) is 10.9. The van der Waals surface area contributed by atoms with Gasteiger partial charge in [-0.1, -0.05) is 45.3 Å².